The zero-order valence-electron chi connectivity index (χ0n) is 19.6. The summed E-state index contributed by atoms with van der Waals surface area (Å²) in [6.07, 6.45) is 5.06. The van der Waals surface area contributed by atoms with Gasteiger partial charge in [-0.05, 0) is 31.1 Å². The molecule has 0 bridgehead atoms. The molecule has 0 saturated heterocycles. The molecule has 0 spiro atoms. The number of sulfonamides is 1. The molecule has 4 N–H and O–H groups in total. The number of anilines is 1. The van der Waals surface area contributed by atoms with Gasteiger partial charge < -0.3 is 15.4 Å². The lowest BCUT2D eigenvalue weighted by Crippen LogP contribution is -2.29. The second-order valence-corrected chi connectivity index (χ2v) is 11.5. The van der Waals surface area contributed by atoms with Crippen LogP contribution in [0.15, 0.2) is 32.3 Å². The summed E-state index contributed by atoms with van der Waals surface area (Å²) in [5, 5.41) is 18.0. The van der Waals surface area contributed by atoms with E-state index >= 15 is 0 Å². The maximum atomic E-state index is 12.8. The van der Waals surface area contributed by atoms with Crippen molar-refractivity contribution in [1.29, 1.82) is 0 Å². The number of aromatic nitrogens is 6. The van der Waals surface area contributed by atoms with E-state index in [0.717, 1.165) is 17.7 Å². The Labute approximate surface area is 209 Å². The first-order valence-corrected chi connectivity index (χ1v) is 13.7. The molecule has 0 atom stereocenters. The minimum absolute atomic E-state index is 0.183. The molecule has 5 rings (SSSR count). The summed E-state index contributed by atoms with van der Waals surface area (Å²) in [6.45, 7) is 4.75. The molecule has 1 saturated carbocycles. The van der Waals surface area contributed by atoms with Gasteiger partial charge in [0.25, 0.3) is 15.6 Å². The normalized spacial score (nSPS) is 15.4. The van der Waals surface area contributed by atoms with E-state index in [0.29, 0.717) is 42.1 Å². The summed E-state index contributed by atoms with van der Waals surface area (Å²) in [5.74, 6) is 0.00759. The SMILES string of the molecule is CCN(CC)S(=O)(=O)c1ccc(CNc2nc(=NC3CC3)n3ncc(=Cc4[nH]c(=O)[nH]c4O)c3n2)s1. The van der Waals surface area contributed by atoms with Gasteiger partial charge in [-0.3, -0.25) is 4.98 Å². The molecular weight excluding hydrogens is 506 g/mol. The second kappa shape index (κ2) is 9.48. The van der Waals surface area contributed by atoms with Crippen LogP contribution in [0.25, 0.3) is 11.7 Å². The molecule has 0 aliphatic heterocycles. The van der Waals surface area contributed by atoms with Gasteiger partial charge in [0, 0.05) is 23.2 Å². The van der Waals surface area contributed by atoms with Crippen LogP contribution in [0.3, 0.4) is 0 Å². The molecule has 15 heteroatoms. The zero-order valence-corrected chi connectivity index (χ0v) is 21.2. The van der Waals surface area contributed by atoms with Gasteiger partial charge in [0.2, 0.25) is 11.8 Å². The summed E-state index contributed by atoms with van der Waals surface area (Å²) in [7, 11) is -3.52. The number of thiophene rings is 1. The summed E-state index contributed by atoms with van der Waals surface area (Å²) in [6, 6.07) is 3.56. The zero-order chi connectivity index (χ0) is 25.4. The van der Waals surface area contributed by atoms with E-state index in [4.69, 9.17) is 0 Å². The number of hydrogen-bond acceptors (Lipinski definition) is 10. The molecule has 190 valence electrons. The lowest BCUT2D eigenvalue weighted by molar-refractivity contribution is 0.446. The molecule has 4 aromatic rings. The number of nitrogens with zero attached hydrogens (tertiary/aromatic N) is 6. The van der Waals surface area contributed by atoms with Crippen molar-refractivity contribution in [2.75, 3.05) is 18.4 Å². The van der Waals surface area contributed by atoms with Crippen LogP contribution >= 0.6 is 11.3 Å². The van der Waals surface area contributed by atoms with Crippen LogP contribution in [-0.2, 0) is 16.6 Å². The van der Waals surface area contributed by atoms with Crippen molar-refractivity contribution in [1.82, 2.24) is 33.9 Å². The van der Waals surface area contributed by atoms with E-state index in [1.807, 2.05) is 13.8 Å². The van der Waals surface area contributed by atoms with E-state index in [2.05, 4.69) is 35.3 Å². The Morgan fingerprint density at radius 3 is 2.72 bits per heavy atom. The van der Waals surface area contributed by atoms with Crippen molar-refractivity contribution in [3.63, 3.8) is 0 Å². The highest BCUT2D eigenvalue weighted by atomic mass is 32.2. The third-order valence-corrected chi connectivity index (χ3v) is 9.22. The fraction of sp³-hybridized carbons (Fsp3) is 0.381. The van der Waals surface area contributed by atoms with Crippen LogP contribution in [0, 0.1) is 0 Å². The van der Waals surface area contributed by atoms with Gasteiger partial charge >= 0.3 is 5.69 Å². The van der Waals surface area contributed by atoms with Crippen LogP contribution < -0.4 is 21.8 Å². The van der Waals surface area contributed by atoms with Crippen LogP contribution in [0.5, 0.6) is 5.88 Å². The largest absolute Gasteiger partial charge is 0.493 e. The number of rotatable bonds is 9. The number of aromatic hydroxyl groups is 1. The average molecular weight is 532 g/mol. The van der Waals surface area contributed by atoms with Crippen LogP contribution in [0.4, 0.5) is 5.95 Å². The van der Waals surface area contributed by atoms with Gasteiger partial charge in [0.1, 0.15) is 9.90 Å². The third kappa shape index (κ3) is 4.76. The quantitative estimate of drug-likeness (QED) is 0.236. The van der Waals surface area contributed by atoms with Crippen LogP contribution in [-0.4, -0.2) is 66.5 Å². The van der Waals surface area contributed by atoms with E-state index in [1.54, 1.807) is 24.4 Å². The fourth-order valence-corrected chi connectivity index (χ4v) is 6.52. The lowest BCUT2D eigenvalue weighted by atomic mass is 10.3. The molecule has 1 aliphatic rings. The highest BCUT2D eigenvalue weighted by Gasteiger charge is 2.24. The van der Waals surface area contributed by atoms with Gasteiger partial charge in [-0.25, -0.2) is 18.2 Å². The molecule has 0 unspecified atom stereocenters. The highest BCUT2D eigenvalue weighted by Crippen LogP contribution is 2.25. The van der Waals surface area contributed by atoms with Gasteiger partial charge in [0.05, 0.1) is 18.8 Å². The summed E-state index contributed by atoms with van der Waals surface area (Å²) in [4.78, 5) is 30.8. The molecule has 36 heavy (non-hydrogen) atoms. The van der Waals surface area contributed by atoms with Crippen molar-refractivity contribution in [3.05, 3.63) is 50.2 Å². The Hall–Kier alpha value is -3.56. The molecule has 0 amide bonds. The molecule has 1 aliphatic carbocycles. The Kier molecular flexibility index (Phi) is 6.36. The Balaban J connectivity index is 1.48. The topological polar surface area (TPSA) is 174 Å². The lowest BCUT2D eigenvalue weighted by Gasteiger charge is -2.16. The van der Waals surface area contributed by atoms with Gasteiger partial charge in [-0.1, -0.05) is 13.8 Å². The average Bonchev–Trinajstić information content (AvgIpc) is 3.22. The predicted molar refractivity (Wildman–Crippen MR) is 133 cm³/mol. The summed E-state index contributed by atoms with van der Waals surface area (Å²) < 4.78 is 28.8. The minimum Gasteiger partial charge on any atom is -0.493 e. The van der Waals surface area contributed by atoms with Crippen LogP contribution in [0.1, 0.15) is 37.3 Å². The monoisotopic (exact) mass is 531 g/mol. The molecule has 13 nitrogen and oxygen atoms in total. The highest BCUT2D eigenvalue weighted by molar-refractivity contribution is 7.91. The van der Waals surface area contributed by atoms with Crippen molar-refractivity contribution in [3.8, 4) is 5.88 Å². The van der Waals surface area contributed by atoms with Gasteiger partial charge in [-0.2, -0.15) is 23.9 Å². The van der Waals surface area contributed by atoms with Crippen molar-refractivity contribution in [2.45, 2.75) is 43.5 Å². The minimum atomic E-state index is -3.52. The summed E-state index contributed by atoms with van der Waals surface area (Å²) >= 11 is 1.20. The van der Waals surface area contributed by atoms with Crippen LogP contribution in [0.2, 0.25) is 0 Å². The fourth-order valence-electron chi connectivity index (χ4n) is 3.61. The number of nitrogens with one attached hydrogen (secondary N) is 3. The number of imidazole rings is 1. The first-order chi connectivity index (χ1) is 17.3. The van der Waals surface area contributed by atoms with Crippen molar-refractivity contribution in [2.24, 2.45) is 4.99 Å². The third-order valence-electron chi connectivity index (χ3n) is 5.62. The van der Waals surface area contributed by atoms with Gasteiger partial charge in [-0.15, -0.1) is 11.3 Å². The summed E-state index contributed by atoms with van der Waals surface area (Å²) in [5.41, 5.74) is 0.482. The molecule has 1 fully saturated rings. The maximum absolute atomic E-state index is 12.8. The van der Waals surface area contributed by atoms with E-state index < -0.39 is 15.7 Å². The smallest absolute Gasteiger partial charge is 0.326 e. The Morgan fingerprint density at radius 2 is 2.06 bits per heavy atom. The molecular formula is C21H25N9O4S2. The van der Waals surface area contributed by atoms with Gasteiger partial charge in [0.15, 0.2) is 5.65 Å². The van der Waals surface area contributed by atoms with Crippen molar-refractivity contribution >= 4 is 39.0 Å². The van der Waals surface area contributed by atoms with E-state index in [-0.39, 0.29) is 21.8 Å². The van der Waals surface area contributed by atoms with E-state index in [9.17, 15) is 18.3 Å². The number of fused-ring (bicyclic) bond motifs is 1. The molecule has 0 aromatic carbocycles. The first-order valence-electron chi connectivity index (χ1n) is 11.4. The maximum Gasteiger partial charge on any atom is 0.326 e. The molecule has 0 radical (unpaired) electrons. The Bertz CT molecular complexity index is 1690. The van der Waals surface area contributed by atoms with Crippen molar-refractivity contribution < 1.29 is 13.5 Å². The molecule has 4 heterocycles. The molecule has 4 aromatic heterocycles. The predicted octanol–water partition coefficient (Wildman–Crippen LogP) is 0.161. The van der Waals surface area contributed by atoms with E-state index in [1.165, 1.54) is 20.2 Å². The standard InChI is InChI=1S/C21H25N9O4S2/c1-3-29(4-2)36(33,34)16-8-7-14(35-16)11-22-19-26-17-12(9-15-18(31)27-21(32)25-15)10-23-30(17)20(28-19)24-13-5-6-13/h7-10,13,31H,3-6,11H2,1-2H3,(H,22,24,28)(H2,25,27,32). The number of H-pyrrole nitrogens is 2. The number of aromatic amines is 2. The first kappa shape index (κ1) is 24.1. The number of hydrogen-bond donors (Lipinski definition) is 4. The second-order valence-electron chi connectivity index (χ2n) is 8.19. The Morgan fingerprint density at radius 1 is 1.28 bits per heavy atom.